The molecule has 0 saturated heterocycles. The van der Waals surface area contributed by atoms with Crippen molar-refractivity contribution in [1.82, 2.24) is 4.98 Å². The minimum atomic E-state index is -0.0733. The predicted molar refractivity (Wildman–Crippen MR) is 99.9 cm³/mol. The molecule has 3 rings (SSSR count). The fraction of sp³-hybridized carbons (Fsp3) is 0.429. The van der Waals surface area contributed by atoms with Crippen LogP contribution < -0.4 is 5.43 Å². The van der Waals surface area contributed by atoms with Crippen molar-refractivity contribution in [3.8, 4) is 11.5 Å². The second-order valence-corrected chi connectivity index (χ2v) is 6.47. The largest absolute Gasteiger partial charge is 0.453 e. The van der Waals surface area contributed by atoms with Gasteiger partial charge in [-0.3, -0.25) is 4.79 Å². The zero-order valence-electron chi connectivity index (χ0n) is 14.8. The first-order valence-corrected chi connectivity index (χ1v) is 9.17. The monoisotopic (exact) mass is 339 g/mol. The Kier molecular flexibility index (Phi) is 6.18. The summed E-state index contributed by atoms with van der Waals surface area (Å²) in [5, 5.41) is 0. The molecule has 132 valence electrons. The summed E-state index contributed by atoms with van der Waals surface area (Å²) < 4.78 is 11.6. The Bertz CT molecular complexity index is 840. The van der Waals surface area contributed by atoms with Gasteiger partial charge in [0.1, 0.15) is 11.2 Å². The van der Waals surface area contributed by atoms with Crippen LogP contribution in [0.5, 0.6) is 0 Å². The Hall–Kier alpha value is -2.20. The van der Waals surface area contributed by atoms with Gasteiger partial charge >= 0.3 is 0 Å². The molecule has 1 aliphatic heterocycles. The van der Waals surface area contributed by atoms with Gasteiger partial charge in [0.2, 0.25) is 0 Å². The number of hydrogen-bond donors (Lipinski definition) is 0. The highest BCUT2D eigenvalue weighted by atomic mass is 16.5. The van der Waals surface area contributed by atoms with Crippen molar-refractivity contribution in [1.29, 1.82) is 0 Å². The van der Waals surface area contributed by atoms with Crippen molar-refractivity contribution in [2.24, 2.45) is 0 Å². The van der Waals surface area contributed by atoms with Gasteiger partial charge in [-0.25, -0.2) is 4.98 Å². The highest BCUT2D eigenvalue weighted by Gasteiger charge is 2.09. The van der Waals surface area contributed by atoms with Gasteiger partial charge < -0.3 is 9.15 Å². The molecule has 2 aliphatic rings. The molecule has 0 atom stereocenters. The van der Waals surface area contributed by atoms with E-state index in [9.17, 15) is 4.79 Å². The smallest absolute Gasteiger partial charge is 0.182 e. The van der Waals surface area contributed by atoms with Gasteiger partial charge in [-0.2, -0.15) is 0 Å². The van der Waals surface area contributed by atoms with Crippen molar-refractivity contribution in [3.05, 3.63) is 52.2 Å². The average Bonchev–Trinajstić information content (AvgIpc) is 2.62. The van der Waals surface area contributed by atoms with E-state index in [1.165, 1.54) is 44.2 Å². The third kappa shape index (κ3) is 4.89. The maximum atomic E-state index is 11.5. The number of nitrogens with zero attached hydrogens (tertiary/aromatic N) is 1. The SMILES string of the molecule is CCCCCCCCOCc1ccc2nc3ccc(=O)cc-3oc2c1. The van der Waals surface area contributed by atoms with Crippen LogP contribution in [0.3, 0.4) is 0 Å². The predicted octanol–water partition coefficient (Wildman–Crippen LogP) is 5.17. The summed E-state index contributed by atoms with van der Waals surface area (Å²) in [6.07, 6.45) is 7.59. The molecule has 1 aliphatic carbocycles. The highest BCUT2D eigenvalue weighted by Crippen LogP contribution is 2.24. The summed E-state index contributed by atoms with van der Waals surface area (Å²) in [4.78, 5) is 16.0. The molecular formula is C21H25NO3. The van der Waals surface area contributed by atoms with E-state index in [0.717, 1.165) is 24.1 Å². The van der Waals surface area contributed by atoms with Crippen LogP contribution in [0.4, 0.5) is 0 Å². The Balaban J connectivity index is 1.57. The molecule has 0 saturated carbocycles. The summed E-state index contributed by atoms with van der Waals surface area (Å²) in [5.41, 5.74) is 3.14. The summed E-state index contributed by atoms with van der Waals surface area (Å²) in [6.45, 7) is 3.59. The van der Waals surface area contributed by atoms with E-state index in [1.54, 1.807) is 6.07 Å². The number of aromatic nitrogens is 1. The number of benzene rings is 2. The fourth-order valence-electron chi connectivity index (χ4n) is 2.91. The molecule has 0 bridgehead atoms. The van der Waals surface area contributed by atoms with E-state index < -0.39 is 0 Å². The molecule has 1 aromatic rings. The molecule has 0 unspecified atom stereocenters. The van der Waals surface area contributed by atoms with Crippen molar-refractivity contribution in [3.63, 3.8) is 0 Å². The van der Waals surface area contributed by atoms with Crippen LogP contribution in [-0.2, 0) is 11.3 Å². The number of ether oxygens (including phenoxy) is 1. The van der Waals surface area contributed by atoms with E-state index in [2.05, 4.69) is 11.9 Å². The first kappa shape index (κ1) is 17.6. The van der Waals surface area contributed by atoms with Gasteiger partial charge in [0.15, 0.2) is 16.8 Å². The molecule has 1 heterocycles. The number of hydrogen-bond acceptors (Lipinski definition) is 4. The van der Waals surface area contributed by atoms with Gasteiger partial charge in [-0.05, 0) is 36.2 Å². The van der Waals surface area contributed by atoms with E-state index >= 15 is 0 Å². The molecule has 1 aromatic carbocycles. The van der Waals surface area contributed by atoms with E-state index in [0.29, 0.717) is 23.6 Å². The minimum absolute atomic E-state index is 0.0733. The molecule has 25 heavy (non-hydrogen) atoms. The lowest BCUT2D eigenvalue weighted by Gasteiger charge is -2.08. The van der Waals surface area contributed by atoms with Crippen LogP contribution >= 0.6 is 0 Å². The second kappa shape index (κ2) is 8.77. The third-order valence-corrected chi connectivity index (χ3v) is 4.33. The van der Waals surface area contributed by atoms with Crippen molar-refractivity contribution in [2.45, 2.75) is 52.1 Å². The quantitative estimate of drug-likeness (QED) is 0.399. The number of unbranched alkanes of at least 4 members (excludes halogenated alkanes) is 5. The van der Waals surface area contributed by atoms with Gasteiger partial charge in [-0.15, -0.1) is 0 Å². The van der Waals surface area contributed by atoms with Crippen LogP contribution in [0.1, 0.15) is 51.0 Å². The normalized spacial score (nSPS) is 11.4. The minimum Gasteiger partial charge on any atom is -0.453 e. The summed E-state index contributed by atoms with van der Waals surface area (Å²) in [6, 6.07) is 10.6. The Morgan fingerprint density at radius 3 is 2.72 bits per heavy atom. The first-order valence-electron chi connectivity index (χ1n) is 9.17. The summed E-state index contributed by atoms with van der Waals surface area (Å²) >= 11 is 0. The molecule has 4 heteroatoms. The van der Waals surface area contributed by atoms with Gasteiger partial charge in [-0.1, -0.05) is 45.1 Å². The maximum Gasteiger partial charge on any atom is 0.182 e. The lowest BCUT2D eigenvalue weighted by Crippen LogP contribution is -2.00. The number of rotatable bonds is 9. The molecule has 0 amide bonds. The van der Waals surface area contributed by atoms with Crippen molar-refractivity contribution in [2.75, 3.05) is 6.61 Å². The zero-order chi connectivity index (χ0) is 17.5. The van der Waals surface area contributed by atoms with Crippen LogP contribution in [0, 0.1) is 0 Å². The lowest BCUT2D eigenvalue weighted by atomic mass is 10.1. The highest BCUT2D eigenvalue weighted by molar-refractivity contribution is 5.76. The maximum absolute atomic E-state index is 11.5. The zero-order valence-corrected chi connectivity index (χ0v) is 14.8. The molecular weight excluding hydrogens is 314 g/mol. The fourth-order valence-corrected chi connectivity index (χ4v) is 2.91. The molecule has 0 N–H and O–H groups in total. The Morgan fingerprint density at radius 1 is 1.00 bits per heavy atom. The van der Waals surface area contributed by atoms with Gasteiger partial charge in [0.25, 0.3) is 0 Å². The molecule has 0 radical (unpaired) electrons. The van der Waals surface area contributed by atoms with E-state index in [4.69, 9.17) is 9.15 Å². The summed E-state index contributed by atoms with van der Waals surface area (Å²) in [5.74, 6) is 0.519. The third-order valence-electron chi connectivity index (χ3n) is 4.33. The van der Waals surface area contributed by atoms with Crippen molar-refractivity contribution >= 4 is 11.1 Å². The van der Waals surface area contributed by atoms with Crippen LogP contribution in [0.2, 0.25) is 0 Å². The lowest BCUT2D eigenvalue weighted by molar-refractivity contribution is 0.116. The molecule has 4 nitrogen and oxygen atoms in total. The number of fused-ring (bicyclic) bond motifs is 2. The molecule has 0 spiro atoms. The Labute approximate surface area is 148 Å². The molecule has 0 fully saturated rings. The summed E-state index contributed by atoms with van der Waals surface area (Å²) in [7, 11) is 0. The van der Waals surface area contributed by atoms with E-state index in [1.807, 2.05) is 18.2 Å². The average molecular weight is 339 g/mol. The topological polar surface area (TPSA) is 52.3 Å². The van der Waals surface area contributed by atoms with Gasteiger partial charge in [0.05, 0.1) is 6.61 Å². The van der Waals surface area contributed by atoms with E-state index in [-0.39, 0.29) is 5.43 Å². The first-order chi connectivity index (χ1) is 12.3. The molecule has 0 aromatic heterocycles. The van der Waals surface area contributed by atoms with Crippen LogP contribution in [-0.4, -0.2) is 11.6 Å². The van der Waals surface area contributed by atoms with Gasteiger partial charge in [0, 0.05) is 12.7 Å². The van der Waals surface area contributed by atoms with Crippen molar-refractivity contribution < 1.29 is 9.15 Å². The van der Waals surface area contributed by atoms with Crippen LogP contribution in [0.15, 0.2) is 45.6 Å². The second-order valence-electron chi connectivity index (χ2n) is 6.47. The standard InChI is InChI=1S/C21H25NO3/c1-2-3-4-5-6-7-12-24-15-16-8-10-18-20(13-16)25-21-14-17(23)9-11-19(21)22-18/h8-11,13-14H,2-7,12,15H2,1H3. The van der Waals surface area contributed by atoms with Crippen LogP contribution in [0.25, 0.3) is 22.6 Å². The Morgan fingerprint density at radius 2 is 1.84 bits per heavy atom.